The van der Waals surface area contributed by atoms with Crippen LogP contribution < -0.4 is 0 Å². The molecule has 21 heavy (non-hydrogen) atoms. The highest BCUT2D eigenvalue weighted by molar-refractivity contribution is 7.91. The van der Waals surface area contributed by atoms with E-state index in [0.717, 1.165) is 0 Å². The van der Waals surface area contributed by atoms with Gasteiger partial charge in [0.15, 0.2) is 5.78 Å². The van der Waals surface area contributed by atoms with Crippen LogP contribution in [0.1, 0.15) is 30.1 Å². The lowest BCUT2D eigenvalue weighted by atomic mass is 9.99. The number of rotatable bonds is 6. The van der Waals surface area contributed by atoms with E-state index in [4.69, 9.17) is 0 Å². The van der Waals surface area contributed by atoms with E-state index in [2.05, 4.69) is 0 Å². The van der Waals surface area contributed by atoms with Gasteiger partial charge in [0.25, 0.3) is 0 Å². The van der Waals surface area contributed by atoms with Crippen molar-refractivity contribution in [2.75, 3.05) is 11.5 Å². The van der Waals surface area contributed by atoms with Crippen molar-refractivity contribution in [1.29, 1.82) is 0 Å². The molecule has 0 amide bonds. The normalized spacial score (nSPS) is 11.7. The van der Waals surface area contributed by atoms with Gasteiger partial charge in [-0.05, 0) is 23.9 Å². The number of benzene rings is 2. The van der Waals surface area contributed by atoms with Crippen molar-refractivity contribution < 1.29 is 17.6 Å². The molecule has 0 atom stereocenters. The van der Waals surface area contributed by atoms with Gasteiger partial charge >= 0.3 is 0 Å². The Bertz CT molecular complexity index is 766. The Kier molecular flexibility index (Phi) is 4.73. The number of ketones is 1. The lowest BCUT2D eigenvalue weighted by Crippen LogP contribution is -2.10. The summed E-state index contributed by atoms with van der Waals surface area (Å²) in [5.41, 5.74) is 0.445. The van der Waals surface area contributed by atoms with Crippen LogP contribution in [0.4, 0.5) is 4.39 Å². The standard InChI is InChI=1S/C16H17FO3S/c1-2-21(19,20)11-5-8-16(18)14-9-10-15(17)13-7-4-3-6-12(13)14/h3-4,6-7,9-10H,2,5,8,11H2,1H3. The maximum Gasteiger partial charge on any atom is 0.163 e. The van der Waals surface area contributed by atoms with Gasteiger partial charge in [-0.3, -0.25) is 4.79 Å². The van der Waals surface area contributed by atoms with Gasteiger partial charge in [-0.1, -0.05) is 31.2 Å². The summed E-state index contributed by atoms with van der Waals surface area (Å²) in [7, 11) is -3.06. The average molecular weight is 308 g/mol. The van der Waals surface area contributed by atoms with Gasteiger partial charge in [0.05, 0.1) is 5.75 Å². The highest BCUT2D eigenvalue weighted by atomic mass is 32.2. The highest BCUT2D eigenvalue weighted by Gasteiger charge is 2.14. The number of hydrogen-bond acceptors (Lipinski definition) is 3. The third-order valence-corrected chi connectivity index (χ3v) is 5.26. The van der Waals surface area contributed by atoms with Crippen molar-refractivity contribution in [1.82, 2.24) is 0 Å². The van der Waals surface area contributed by atoms with Crippen LogP contribution in [-0.2, 0) is 9.84 Å². The third-order valence-electron chi connectivity index (χ3n) is 3.47. The molecule has 0 spiro atoms. The van der Waals surface area contributed by atoms with Crippen LogP contribution in [0.15, 0.2) is 36.4 Å². The van der Waals surface area contributed by atoms with E-state index in [1.807, 2.05) is 0 Å². The van der Waals surface area contributed by atoms with Gasteiger partial charge in [-0.25, -0.2) is 12.8 Å². The van der Waals surface area contributed by atoms with Crippen LogP contribution >= 0.6 is 0 Å². The van der Waals surface area contributed by atoms with Crippen molar-refractivity contribution in [3.63, 3.8) is 0 Å². The van der Waals surface area contributed by atoms with Crippen LogP contribution in [0.2, 0.25) is 0 Å². The molecule has 0 fully saturated rings. The zero-order chi connectivity index (χ0) is 15.5. The fourth-order valence-corrected chi connectivity index (χ4v) is 3.11. The monoisotopic (exact) mass is 308 g/mol. The summed E-state index contributed by atoms with van der Waals surface area (Å²) in [4.78, 5) is 12.2. The number of carbonyl (C=O) groups is 1. The molecular formula is C16H17FO3S. The van der Waals surface area contributed by atoms with Crippen molar-refractivity contribution in [2.24, 2.45) is 0 Å². The first-order chi connectivity index (χ1) is 9.94. The molecule has 3 nitrogen and oxygen atoms in total. The second-order valence-corrected chi connectivity index (χ2v) is 7.38. The number of sulfone groups is 1. The van der Waals surface area contributed by atoms with Gasteiger partial charge in [-0.2, -0.15) is 0 Å². The first-order valence-corrected chi connectivity index (χ1v) is 8.67. The summed E-state index contributed by atoms with van der Waals surface area (Å²) in [6.07, 6.45) is 0.440. The molecule has 0 N–H and O–H groups in total. The van der Waals surface area contributed by atoms with Crippen molar-refractivity contribution in [3.8, 4) is 0 Å². The summed E-state index contributed by atoms with van der Waals surface area (Å²) >= 11 is 0. The second-order valence-electron chi connectivity index (χ2n) is 4.90. The van der Waals surface area contributed by atoms with E-state index >= 15 is 0 Å². The van der Waals surface area contributed by atoms with E-state index < -0.39 is 9.84 Å². The van der Waals surface area contributed by atoms with Crippen LogP contribution in [0.5, 0.6) is 0 Å². The van der Waals surface area contributed by atoms with E-state index in [9.17, 15) is 17.6 Å². The molecule has 0 unspecified atom stereocenters. The number of carbonyl (C=O) groups excluding carboxylic acids is 1. The Balaban J connectivity index is 2.19. The number of fused-ring (bicyclic) bond motifs is 1. The number of hydrogen-bond donors (Lipinski definition) is 0. The third kappa shape index (κ3) is 3.67. The summed E-state index contributed by atoms with van der Waals surface area (Å²) in [6.45, 7) is 1.59. The molecular weight excluding hydrogens is 291 g/mol. The zero-order valence-corrected chi connectivity index (χ0v) is 12.6. The minimum Gasteiger partial charge on any atom is -0.294 e. The smallest absolute Gasteiger partial charge is 0.163 e. The second kappa shape index (κ2) is 6.35. The van der Waals surface area contributed by atoms with Crippen LogP contribution in [-0.4, -0.2) is 25.7 Å². The van der Waals surface area contributed by atoms with Crippen LogP contribution in [0, 0.1) is 5.82 Å². The molecule has 0 heterocycles. The Morgan fingerprint density at radius 3 is 2.43 bits per heavy atom. The molecule has 2 aromatic rings. The number of Topliss-reactive ketones (excluding diaryl/α,β-unsaturated/α-hetero) is 1. The first-order valence-electron chi connectivity index (χ1n) is 6.85. The molecule has 0 saturated heterocycles. The first kappa shape index (κ1) is 15.6. The molecule has 0 aliphatic carbocycles. The van der Waals surface area contributed by atoms with Crippen molar-refractivity contribution in [2.45, 2.75) is 19.8 Å². The van der Waals surface area contributed by atoms with Crippen LogP contribution in [0.25, 0.3) is 10.8 Å². The maximum absolute atomic E-state index is 13.7. The van der Waals surface area contributed by atoms with Gasteiger partial charge < -0.3 is 0 Å². The fraction of sp³-hybridized carbons (Fsp3) is 0.312. The van der Waals surface area contributed by atoms with Gasteiger partial charge in [0, 0.05) is 23.1 Å². The lowest BCUT2D eigenvalue weighted by molar-refractivity contribution is 0.0983. The largest absolute Gasteiger partial charge is 0.294 e. The predicted molar refractivity (Wildman–Crippen MR) is 81.8 cm³/mol. The Labute approximate surface area is 123 Å². The summed E-state index contributed by atoms with van der Waals surface area (Å²) < 4.78 is 36.5. The predicted octanol–water partition coefficient (Wildman–Crippen LogP) is 3.38. The SMILES string of the molecule is CCS(=O)(=O)CCCC(=O)c1ccc(F)c2ccccc12. The van der Waals surface area contributed by atoms with Crippen molar-refractivity contribution in [3.05, 3.63) is 47.8 Å². The molecule has 0 saturated carbocycles. The molecule has 2 aromatic carbocycles. The zero-order valence-electron chi connectivity index (χ0n) is 11.8. The van der Waals surface area contributed by atoms with E-state index in [1.54, 1.807) is 31.2 Å². The molecule has 0 bridgehead atoms. The minimum atomic E-state index is -3.06. The van der Waals surface area contributed by atoms with Gasteiger partial charge in [-0.15, -0.1) is 0 Å². The molecule has 0 radical (unpaired) electrons. The van der Waals surface area contributed by atoms with Gasteiger partial charge in [0.2, 0.25) is 0 Å². The molecule has 0 aromatic heterocycles. The maximum atomic E-state index is 13.7. The molecule has 112 valence electrons. The Hall–Kier alpha value is -1.75. The molecule has 0 aliphatic rings. The molecule has 5 heteroatoms. The highest BCUT2D eigenvalue weighted by Crippen LogP contribution is 2.23. The topological polar surface area (TPSA) is 51.2 Å². The van der Waals surface area contributed by atoms with Crippen molar-refractivity contribution >= 4 is 26.4 Å². The van der Waals surface area contributed by atoms with E-state index in [1.165, 1.54) is 12.1 Å². The van der Waals surface area contributed by atoms with E-state index in [0.29, 0.717) is 22.8 Å². The minimum absolute atomic E-state index is 0.00830. The average Bonchev–Trinajstić information content (AvgIpc) is 2.47. The fourth-order valence-electron chi connectivity index (χ4n) is 2.24. The molecule has 2 rings (SSSR count). The quantitative estimate of drug-likeness (QED) is 0.769. The number of halogens is 1. The summed E-state index contributed by atoms with van der Waals surface area (Å²) in [5, 5.41) is 0.977. The van der Waals surface area contributed by atoms with Crippen LogP contribution in [0.3, 0.4) is 0 Å². The summed E-state index contributed by atoms with van der Waals surface area (Å²) in [5.74, 6) is -0.428. The lowest BCUT2D eigenvalue weighted by Gasteiger charge is -2.07. The molecule has 0 aliphatic heterocycles. The summed E-state index contributed by atoms with van der Waals surface area (Å²) in [6, 6.07) is 9.54. The van der Waals surface area contributed by atoms with Gasteiger partial charge in [0.1, 0.15) is 15.7 Å². The van der Waals surface area contributed by atoms with E-state index in [-0.39, 0.29) is 29.5 Å². The Morgan fingerprint density at radius 1 is 1.10 bits per heavy atom. The Morgan fingerprint density at radius 2 is 1.76 bits per heavy atom.